The monoisotopic (exact) mass is 500 g/mol. The van der Waals surface area contributed by atoms with Gasteiger partial charge < -0.3 is 15.0 Å². The molecule has 8 nitrogen and oxygen atoms in total. The van der Waals surface area contributed by atoms with E-state index in [2.05, 4.69) is 20.3 Å². The number of hydrogen-bond acceptors (Lipinski definition) is 9. The first-order valence-electron chi connectivity index (χ1n) is 10.0. The number of thiazole rings is 1. The second-order valence-electron chi connectivity index (χ2n) is 7.03. The highest BCUT2D eigenvalue weighted by Crippen LogP contribution is 2.31. The number of carbonyl (C=O) groups excluding carboxylic acids is 2. The first kappa shape index (κ1) is 23.1. The minimum Gasteiger partial charge on any atom is -0.466 e. The molecule has 0 unspecified atom stereocenters. The van der Waals surface area contributed by atoms with Crippen molar-refractivity contribution in [1.82, 2.24) is 15.0 Å². The van der Waals surface area contributed by atoms with Crippen LogP contribution < -0.4 is 10.9 Å². The molecule has 11 heteroatoms. The number of aromatic nitrogens is 3. The number of aryl methyl sites for hydroxylation is 1. The Kier molecular flexibility index (Phi) is 7.21. The molecule has 170 valence electrons. The van der Waals surface area contributed by atoms with E-state index in [-0.39, 0.29) is 29.6 Å². The molecule has 2 N–H and O–H groups in total. The third-order valence-corrected chi connectivity index (χ3v) is 7.11. The van der Waals surface area contributed by atoms with E-state index in [9.17, 15) is 14.4 Å². The van der Waals surface area contributed by atoms with E-state index in [1.54, 1.807) is 12.3 Å². The molecular weight excluding hydrogens is 480 g/mol. The van der Waals surface area contributed by atoms with Gasteiger partial charge in [0, 0.05) is 16.3 Å². The van der Waals surface area contributed by atoms with Gasteiger partial charge in [0.15, 0.2) is 10.3 Å². The van der Waals surface area contributed by atoms with Crippen LogP contribution in [0.1, 0.15) is 18.2 Å². The van der Waals surface area contributed by atoms with Crippen molar-refractivity contribution in [2.24, 2.45) is 0 Å². The zero-order valence-electron chi connectivity index (χ0n) is 17.8. The zero-order chi connectivity index (χ0) is 23.4. The molecule has 0 aliphatic carbocycles. The van der Waals surface area contributed by atoms with Crippen LogP contribution in [0.4, 0.5) is 5.13 Å². The molecule has 0 saturated heterocycles. The molecule has 1 aromatic carbocycles. The third-order valence-electron chi connectivity index (χ3n) is 4.55. The molecule has 0 aliphatic heterocycles. The van der Waals surface area contributed by atoms with Crippen molar-refractivity contribution in [3.63, 3.8) is 0 Å². The number of H-pyrrole nitrogens is 1. The average molecular weight is 501 g/mol. The van der Waals surface area contributed by atoms with Crippen molar-refractivity contribution < 1.29 is 14.3 Å². The maximum absolute atomic E-state index is 12.7. The minimum atomic E-state index is -0.360. The van der Waals surface area contributed by atoms with Crippen LogP contribution in [0.5, 0.6) is 0 Å². The third kappa shape index (κ3) is 5.67. The summed E-state index contributed by atoms with van der Waals surface area (Å²) >= 11 is 3.77. The van der Waals surface area contributed by atoms with E-state index in [1.165, 1.54) is 22.7 Å². The lowest BCUT2D eigenvalue weighted by Crippen LogP contribution is -2.15. The standard InChI is InChI=1S/C22H20N4O4S3/c1-3-30-17(28)8-14-9-32-21(23-14)24-16(27)11-33-22-25-19(29)18-15(10-31-20(18)26-22)13-6-4-12(2)5-7-13/h4-7,9-10H,3,8,11H2,1-2H3,(H,23,24,27)(H,25,26,29). The number of ether oxygens (including phenoxy) is 1. The molecule has 0 atom stereocenters. The van der Waals surface area contributed by atoms with Crippen molar-refractivity contribution in [3.8, 4) is 11.1 Å². The Labute approximate surface area is 201 Å². The Morgan fingerprint density at radius 2 is 1.94 bits per heavy atom. The van der Waals surface area contributed by atoms with Gasteiger partial charge >= 0.3 is 5.97 Å². The Bertz CT molecular complexity index is 1360. The van der Waals surface area contributed by atoms with Crippen molar-refractivity contribution >= 4 is 61.7 Å². The second-order valence-corrected chi connectivity index (χ2v) is 9.71. The molecule has 0 aliphatic rings. The number of thioether (sulfide) groups is 1. The summed E-state index contributed by atoms with van der Waals surface area (Å²) in [4.78, 5) is 48.7. The van der Waals surface area contributed by atoms with E-state index in [1.807, 2.05) is 36.6 Å². The van der Waals surface area contributed by atoms with Crippen LogP contribution in [-0.4, -0.2) is 39.2 Å². The fourth-order valence-corrected chi connectivity index (χ4v) is 5.43. The van der Waals surface area contributed by atoms with Gasteiger partial charge in [-0.1, -0.05) is 41.6 Å². The van der Waals surface area contributed by atoms with Gasteiger partial charge in [-0.3, -0.25) is 14.4 Å². The molecule has 1 amide bonds. The fraction of sp³-hybridized carbons (Fsp3) is 0.227. The van der Waals surface area contributed by atoms with Crippen molar-refractivity contribution in [1.29, 1.82) is 0 Å². The van der Waals surface area contributed by atoms with Gasteiger partial charge in [-0.25, -0.2) is 9.97 Å². The van der Waals surface area contributed by atoms with Gasteiger partial charge in [0.2, 0.25) is 5.91 Å². The van der Waals surface area contributed by atoms with E-state index in [4.69, 9.17) is 4.74 Å². The summed E-state index contributed by atoms with van der Waals surface area (Å²) < 4.78 is 4.90. The molecular formula is C22H20N4O4S3. The lowest BCUT2D eigenvalue weighted by atomic mass is 10.1. The lowest BCUT2D eigenvalue weighted by Gasteiger charge is -2.03. The SMILES string of the molecule is CCOC(=O)Cc1csc(NC(=O)CSc2nc3scc(-c4ccc(C)cc4)c3c(=O)[nH]2)n1. The Balaban J connectivity index is 1.40. The van der Waals surface area contributed by atoms with Crippen LogP contribution in [0.3, 0.4) is 0 Å². The van der Waals surface area contributed by atoms with Gasteiger partial charge in [0.05, 0.1) is 29.9 Å². The Morgan fingerprint density at radius 3 is 2.70 bits per heavy atom. The number of carbonyl (C=O) groups is 2. The van der Waals surface area contributed by atoms with Gasteiger partial charge in [0.25, 0.3) is 5.56 Å². The summed E-state index contributed by atoms with van der Waals surface area (Å²) in [6, 6.07) is 7.98. The van der Waals surface area contributed by atoms with Crippen LogP contribution in [-0.2, 0) is 20.7 Å². The molecule has 3 heterocycles. The van der Waals surface area contributed by atoms with Crippen LogP contribution in [0.15, 0.2) is 45.0 Å². The van der Waals surface area contributed by atoms with Crippen LogP contribution in [0.2, 0.25) is 0 Å². The minimum absolute atomic E-state index is 0.0530. The van der Waals surface area contributed by atoms with Crippen molar-refractivity contribution in [2.75, 3.05) is 17.7 Å². The molecule has 0 fully saturated rings. The molecule has 33 heavy (non-hydrogen) atoms. The molecule has 4 rings (SSSR count). The molecule has 0 radical (unpaired) electrons. The molecule has 0 spiro atoms. The lowest BCUT2D eigenvalue weighted by molar-refractivity contribution is -0.142. The number of hydrogen-bond donors (Lipinski definition) is 2. The Hall–Kier alpha value is -3.02. The smallest absolute Gasteiger partial charge is 0.311 e. The first-order valence-corrected chi connectivity index (χ1v) is 12.8. The summed E-state index contributed by atoms with van der Waals surface area (Å²) in [5, 5.41) is 7.66. The number of thiophene rings is 1. The molecule has 4 aromatic rings. The maximum Gasteiger partial charge on any atom is 0.311 e. The predicted molar refractivity (Wildman–Crippen MR) is 132 cm³/mol. The van der Waals surface area contributed by atoms with E-state index < -0.39 is 0 Å². The molecule has 3 aromatic heterocycles. The summed E-state index contributed by atoms with van der Waals surface area (Å²) in [6.07, 6.45) is 0.0610. The summed E-state index contributed by atoms with van der Waals surface area (Å²) in [6.45, 7) is 4.06. The number of rotatable bonds is 8. The Morgan fingerprint density at radius 1 is 1.15 bits per heavy atom. The van der Waals surface area contributed by atoms with Crippen LogP contribution in [0, 0.1) is 6.92 Å². The summed E-state index contributed by atoms with van der Waals surface area (Å²) in [5.41, 5.74) is 3.27. The largest absolute Gasteiger partial charge is 0.466 e. The highest BCUT2D eigenvalue weighted by Gasteiger charge is 2.15. The van der Waals surface area contributed by atoms with Crippen LogP contribution in [0.25, 0.3) is 21.3 Å². The zero-order valence-corrected chi connectivity index (χ0v) is 20.3. The normalized spacial score (nSPS) is 11.0. The van der Waals surface area contributed by atoms with Gasteiger partial charge in [0.1, 0.15) is 4.83 Å². The van der Waals surface area contributed by atoms with Crippen molar-refractivity contribution in [3.05, 3.63) is 56.6 Å². The summed E-state index contributed by atoms with van der Waals surface area (Å²) in [5.74, 6) is -0.593. The summed E-state index contributed by atoms with van der Waals surface area (Å²) in [7, 11) is 0. The average Bonchev–Trinajstić information content (AvgIpc) is 3.40. The number of anilines is 1. The number of amides is 1. The quantitative estimate of drug-likeness (QED) is 0.211. The van der Waals surface area contributed by atoms with E-state index >= 15 is 0 Å². The van der Waals surface area contributed by atoms with Crippen molar-refractivity contribution in [2.45, 2.75) is 25.4 Å². The number of esters is 1. The van der Waals surface area contributed by atoms with Gasteiger partial charge in [-0.15, -0.1) is 22.7 Å². The predicted octanol–water partition coefficient (Wildman–Crippen LogP) is 4.25. The number of benzene rings is 1. The highest BCUT2D eigenvalue weighted by molar-refractivity contribution is 7.99. The number of fused-ring (bicyclic) bond motifs is 1. The fourth-order valence-electron chi connectivity index (χ4n) is 3.04. The second kappa shape index (κ2) is 10.3. The van der Waals surface area contributed by atoms with Gasteiger partial charge in [-0.05, 0) is 19.4 Å². The highest BCUT2D eigenvalue weighted by atomic mass is 32.2. The maximum atomic E-state index is 12.7. The van der Waals surface area contributed by atoms with E-state index in [0.717, 1.165) is 28.5 Å². The number of aromatic amines is 1. The molecule has 0 saturated carbocycles. The van der Waals surface area contributed by atoms with Crippen LogP contribution >= 0.6 is 34.4 Å². The van der Waals surface area contributed by atoms with Gasteiger partial charge in [-0.2, -0.15) is 0 Å². The topological polar surface area (TPSA) is 114 Å². The number of nitrogens with zero attached hydrogens (tertiary/aromatic N) is 2. The van der Waals surface area contributed by atoms with E-state index in [0.29, 0.717) is 32.8 Å². The number of nitrogens with one attached hydrogen (secondary N) is 2. The molecule has 0 bridgehead atoms. The first-order chi connectivity index (χ1) is 15.9.